The van der Waals surface area contributed by atoms with Crippen molar-refractivity contribution >= 4 is 23.4 Å². The van der Waals surface area contributed by atoms with E-state index in [0.29, 0.717) is 36.6 Å². The number of nitrogens with two attached hydrogens (primary N) is 1. The Morgan fingerprint density at radius 3 is 2.84 bits per heavy atom. The second-order valence-corrected chi connectivity index (χ2v) is 5.05. The first-order chi connectivity index (χ1) is 9.01. The number of halogens is 1. The quantitative estimate of drug-likeness (QED) is 0.847. The van der Waals surface area contributed by atoms with E-state index >= 15 is 0 Å². The minimum atomic E-state index is -0.350. The smallest absolute Gasteiger partial charge is 0.254 e. The van der Waals surface area contributed by atoms with Crippen LogP contribution in [-0.2, 0) is 11.2 Å². The summed E-state index contributed by atoms with van der Waals surface area (Å²) >= 11 is 5.90. The van der Waals surface area contributed by atoms with Crippen LogP contribution in [0.4, 0.5) is 0 Å². The van der Waals surface area contributed by atoms with Gasteiger partial charge in [0.2, 0.25) is 5.91 Å². The summed E-state index contributed by atoms with van der Waals surface area (Å²) in [4.78, 5) is 29.2. The molecule has 2 rings (SSSR count). The van der Waals surface area contributed by atoms with Gasteiger partial charge in [0, 0.05) is 24.3 Å². The van der Waals surface area contributed by atoms with E-state index in [1.165, 1.54) is 0 Å². The highest BCUT2D eigenvalue weighted by molar-refractivity contribution is 6.29. The monoisotopic (exact) mass is 281 g/mol. The topological polar surface area (TPSA) is 76.3 Å². The number of pyridine rings is 1. The van der Waals surface area contributed by atoms with Gasteiger partial charge in [0.15, 0.2) is 0 Å². The molecule has 1 aliphatic heterocycles. The van der Waals surface area contributed by atoms with Crippen molar-refractivity contribution in [1.29, 1.82) is 0 Å². The van der Waals surface area contributed by atoms with Gasteiger partial charge in [-0.25, -0.2) is 4.98 Å². The molecule has 5 nitrogen and oxygen atoms in total. The van der Waals surface area contributed by atoms with E-state index in [1.54, 1.807) is 17.0 Å². The molecule has 0 saturated carbocycles. The summed E-state index contributed by atoms with van der Waals surface area (Å²) in [6.07, 6.45) is 1.34. The van der Waals surface area contributed by atoms with E-state index in [9.17, 15) is 9.59 Å². The van der Waals surface area contributed by atoms with Crippen LogP contribution < -0.4 is 5.73 Å². The third kappa shape index (κ3) is 3.04. The summed E-state index contributed by atoms with van der Waals surface area (Å²) in [5, 5.41) is 0.313. The van der Waals surface area contributed by atoms with Crippen LogP contribution in [0.25, 0.3) is 0 Å². The molecule has 0 aromatic carbocycles. The summed E-state index contributed by atoms with van der Waals surface area (Å²) in [6, 6.07) is 3.30. The summed E-state index contributed by atoms with van der Waals surface area (Å²) in [5.74, 6) is -0.716. The molecule has 2 heterocycles. The second kappa shape index (κ2) is 5.57. The third-order valence-electron chi connectivity index (χ3n) is 3.33. The van der Waals surface area contributed by atoms with Crippen molar-refractivity contribution in [1.82, 2.24) is 9.88 Å². The van der Waals surface area contributed by atoms with E-state index in [1.807, 2.05) is 6.92 Å². The number of carbonyl (C=O) groups excluding carboxylic acids is 2. The highest BCUT2D eigenvalue weighted by Crippen LogP contribution is 2.20. The number of carbonyl (C=O) groups is 2. The lowest BCUT2D eigenvalue weighted by atomic mass is 10.1. The van der Waals surface area contributed by atoms with Gasteiger partial charge in [-0.1, -0.05) is 18.5 Å². The third-order valence-corrected chi connectivity index (χ3v) is 3.53. The number of hydrogen-bond donors (Lipinski definition) is 1. The predicted octanol–water partition coefficient (Wildman–Crippen LogP) is 1.24. The van der Waals surface area contributed by atoms with E-state index in [2.05, 4.69) is 4.98 Å². The Balaban J connectivity index is 2.16. The average Bonchev–Trinajstić information content (AvgIpc) is 2.86. The van der Waals surface area contributed by atoms with Crippen LogP contribution in [-0.4, -0.2) is 34.8 Å². The normalized spacial score (nSPS) is 18.6. The molecule has 102 valence electrons. The summed E-state index contributed by atoms with van der Waals surface area (Å²) in [5.41, 5.74) is 6.56. The number of aromatic nitrogens is 1. The van der Waals surface area contributed by atoms with Gasteiger partial charge < -0.3 is 10.6 Å². The maximum absolute atomic E-state index is 12.3. The zero-order valence-electron chi connectivity index (χ0n) is 10.7. The van der Waals surface area contributed by atoms with Gasteiger partial charge >= 0.3 is 0 Å². The molecule has 0 aliphatic carbocycles. The first kappa shape index (κ1) is 13.8. The van der Waals surface area contributed by atoms with Crippen molar-refractivity contribution in [2.45, 2.75) is 19.8 Å². The molecule has 2 amide bonds. The first-order valence-electron chi connectivity index (χ1n) is 6.26. The lowest BCUT2D eigenvalue weighted by Crippen LogP contribution is -2.31. The fourth-order valence-corrected chi connectivity index (χ4v) is 2.44. The molecule has 6 heteroatoms. The number of amides is 2. The summed E-state index contributed by atoms with van der Waals surface area (Å²) < 4.78 is 0. The van der Waals surface area contributed by atoms with Gasteiger partial charge in [-0.3, -0.25) is 9.59 Å². The molecule has 19 heavy (non-hydrogen) atoms. The zero-order chi connectivity index (χ0) is 14.0. The number of hydrogen-bond acceptors (Lipinski definition) is 3. The average molecular weight is 282 g/mol. The lowest BCUT2D eigenvalue weighted by molar-refractivity contribution is -0.121. The minimum Gasteiger partial charge on any atom is -0.369 e. The first-order valence-corrected chi connectivity index (χ1v) is 6.64. The van der Waals surface area contributed by atoms with Gasteiger partial charge in [-0.2, -0.15) is 0 Å². The molecule has 1 aromatic rings. The number of aryl methyl sites for hydroxylation is 1. The molecule has 0 spiro atoms. The van der Waals surface area contributed by atoms with E-state index in [4.69, 9.17) is 17.3 Å². The zero-order valence-corrected chi connectivity index (χ0v) is 11.5. The van der Waals surface area contributed by atoms with Crippen LogP contribution in [0.5, 0.6) is 0 Å². The van der Waals surface area contributed by atoms with Crippen LogP contribution in [0.2, 0.25) is 5.15 Å². The molecule has 1 saturated heterocycles. The Kier molecular flexibility index (Phi) is 4.04. The minimum absolute atomic E-state index is 0.122. The van der Waals surface area contributed by atoms with E-state index in [0.717, 1.165) is 5.69 Å². The van der Waals surface area contributed by atoms with Crippen LogP contribution in [0.15, 0.2) is 12.1 Å². The SMILES string of the molecule is CCc1cc(C(=O)N2CCC(C(N)=O)C2)cc(Cl)n1. The fourth-order valence-electron chi connectivity index (χ4n) is 2.22. The molecule has 1 aromatic heterocycles. The van der Waals surface area contributed by atoms with Crippen molar-refractivity contribution in [3.05, 3.63) is 28.5 Å². The maximum Gasteiger partial charge on any atom is 0.254 e. The number of likely N-dealkylation sites (tertiary alicyclic amines) is 1. The Hall–Kier alpha value is -1.62. The Labute approximate surface area is 116 Å². The van der Waals surface area contributed by atoms with Crippen LogP contribution in [0, 0.1) is 5.92 Å². The molecular formula is C13H16ClN3O2. The van der Waals surface area contributed by atoms with Crippen LogP contribution >= 0.6 is 11.6 Å². The number of primary amides is 1. The Morgan fingerprint density at radius 1 is 1.53 bits per heavy atom. The largest absolute Gasteiger partial charge is 0.369 e. The second-order valence-electron chi connectivity index (χ2n) is 4.66. The van der Waals surface area contributed by atoms with Crippen molar-refractivity contribution in [3.63, 3.8) is 0 Å². The van der Waals surface area contributed by atoms with Crippen molar-refractivity contribution in [2.24, 2.45) is 11.7 Å². The fraction of sp³-hybridized carbons (Fsp3) is 0.462. The molecule has 1 aliphatic rings. The van der Waals surface area contributed by atoms with Gasteiger partial charge in [-0.05, 0) is 25.0 Å². The van der Waals surface area contributed by atoms with E-state index < -0.39 is 0 Å². The molecule has 1 fully saturated rings. The van der Waals surface area contributed by atoms with Gasteiger partial charge in [-0.15, -0.1) is 0 Å². The predicted molar refractivity (Wildman–Crippen MR) is 71.8 cm³/mol. The summed E-state index contributed by atoms with van der Waals surface area (Å²) in [7, 11) is 0. The van der Waals surface area contributed by atoms with Gasteiger partial charge in [0.25, 0.3) is 5.91 Å². The van der Waals surface area contributed by atoms with Crippen LogP contribution in [0.3, 0.4) is 0 Å². The highest BCUT2D eigenvalue weighted by atomic mass is 35.5. The molecule has 1 unspecified atom stereocenters. The Morgan fingerprint density at radius 2 is 2.26 bits per heavy atom. The molecular weight excluding hydrogens is 266 g/mol. The van der Waals surface area contributed by atoms with Gasteiger partial charge in [0.05, 0.1) is 5.92 Å². The van der Waals surface area contributed by atoms with Crippen LogP contribution in [0.1, 0.15) is 29.4 Å². The van der Waals surface area contributed by atoms with Gasteiger partial charge in [0.1, 0.15) is 5.15 Å². The molecule has 1 atom stereocenters. The highest BCUT2D eigenvalue weighted by Gasteiger charge is 2.30. The summed E-state index contributed by atoms with van der Waals surface area (Å²) in [6.45, 7) is 2.88. The standard InChI is InChI=1S/C13H16ClN3O2/c1-2-10-5-9(6-11(14)16-10)13(19)17-4-3-8(7-17)12(15)18/h5-6,8H,2-4,7H2,1H3,(H2,15,18). The van der Waals surface area contributed by atoms with E-state index in [-0.39, 0.29) is 17.7 Å². The van der Waals surface area contributed by atoms with Crippen molar-refractivity contribution in [3.8, 4) is 0 Å². The maximum atomic E-state index is 12.3. The Bertz CT molecular complexity index is 519. The van der Waals surface area contributed by atoms with Crippen molar-refractivity contribution in [2.75, 3.05) is 13.1 Å². The molecule has 0 radical (unpaired) electrons. The number of rotatable bonds is 3. The number of nitrogens with zero attached hydrogens (tertiary/aromatic N) is 2. The lowest BCUT2D eigenvalue weighted by Gasteiger charge is -2.16. The molecule has 2 N–H and O–H groups in total. The molecule has 0 bridgehead atoms. The van der Waals surface area contributed by atoms with Crippen molar-refractivity contribution < 1.29 is 9.59 Å².